The van der Waals surface area contributed by atoms with E-state index in [9.17, 15) is 4.79 Å². The van der Waals surface area contributed by atoms with Gasteiger partial charge in [0.15, 0.2) is 5.96 Å². The Morgan fingerprint density at radius 3 is 2.76 bits per heavy atom. The van der Waals surface area contributed by atoms with Gasteiger partial charge < -0.3 is 16.0 Å². The highest BCUT2D eigenvalue weighted by atomic mass is 16.1. The second-order valence-corrected chi connectivity index (χ2v) is 4.98. The summed E-state index contributed by atoms with van der Waals surface area (Å²) in [6, 6.07) is 8.07. The van der Waals surface area contributed by atoms with Crippen LogP contribution >= 0.6 is 0 Å². The van der Waals surface area contributed by atoms with Gasteiger partial charge in [-0.2, -0.15) is 0 Å². The van der Waals surface area contributed by atoms with Crippen molar-refractivity contribution in [2.24, 2.45) is 4.99 Å². The van der Waals surface area contributed by atoms with Crippen molar-refractivity contribution in [2.45, 2.75) is 32.7 Å². The van der Waals surface area contributed by atoms with Gasteiger partial charge >= 0.3 is 0 Å². The Morgan fingerprint density at radius 1 is 1.38 bits per heavy atom. The molecule has 0 radical (unpaired) electrons. The summed E-state index contributed by atoms with van der Waals surface area (Å²) < 4.78 is 0. The fourth-order valence-corrected chi connectivity index (χ4v) is 1.87. The number of hydrogen-bond acceptors (Lipinski definition) is 2. The Morgan fingerprint density at radius 2 is 2.14 bits per heavy atom. The van der Waals surface area contributed by atoms with Crippen LogP contribution in [-0.2, 0) is 6.42 Å². The highest BCUT2D eigenvalue weighted by Crippen LogP contribution is 2.05. The quantitative estimate of drug-likeness (QED) is 0.550. The molecule has 3 N–H and O–H groups in total. The highest BCUT2D eigenvalue weighted by molar-refractivity contribution is 5.94. The Kier molecular flexibility index (Phi) is 7.29. The van der Waals surface area contributed by atoms with Crippen molar-refractivity contribution in [3.05, 3.63) is 35.4 Å². The van der Waals surface area contributed by atoms with Crippen LogP contribution < -0.4 is 16.0 Å². The van der Waals surface area contributed by atoms with Gasteiger partial charge in [0.1, 0.15) is 0 Å². The summed E-state index contributed by atoms with van der Waals surface area (Å²) >= 11 is 0. The van der Waals surface area contributed by atoms with Crippen LogP contribution in [0.1, 0.15) is 36.2 Å². The fourth-order valence-electron chi connectivity index (χ4n) is 1.87. The van der Waals surface area contributed by atoms with E-state index in [2.05, 4.69) is 34.8 Å². The molecule has 0 aliphatic carbocycles. The molecule has 21 heavy (non-hydrogen) atoms. The lowest BCUT2D eigenvalue weighted by atomic mass is 10.1. The van der Waals surface area contributed by atoms with Crippen molar-refractivity contribution in [1.29, 1.82) is 0 Å². The zero-order valence-electron chi connectivity index (χ0n) is 13.4. The predicted molar refractivity (Wildman–Crippen MR) is 87.8 cm³/mol. The number of nitrogens with one attached hydrogen (secondary N) is 3. The van der Waals surface area contributed by atoms with E-state index in [0.29, 0.717) is 11.6 Å². The predicted octanol–water partition coefficient (Wildman–Crippen LogP) is 1.55. The smallest absolute Gasteiger partial charge is 0.251 e. The topological polar surface area (TPSA) is 65.5 Å². The summed E-state index contributed by atoms with van der Waals surface area (Å²) in [5.74, 6) is 0.755. The maximum absolute atomic E-state index is 11.6. The molecule has 5 nitrogen and oxygen atoms in total. The second-order valence-electron chi connectivity index (χ2n) is 4.98. The molecule has 0 fully saturated rings. The summed E-state index contributed by atoms with van der Waals surface area (Å²) in [6.45, 7) is 5.03. The van der Waals surface area contributed by atoms with E-state index in [1.807, 2.05) is 24.3 Å². The van der Waals surface area contributed by atoms with E-state index in [1.54, 1.807) is 14.1 Å². The Hall–Kier alpha value is -2.04. The highest BCUT2D eigenvalue weighted by Gasteiger charge is 2.05. The summed E-state index contributed by atoms with van der Waals surface area (Å²) in [5, 5.41) is 9.24. The summed E-state index contributed by atoms with van der Waals surface area (Å²) in [7, 11) is 3.41. The molecule has 0 heterocycles. The van der Waals surface area contributed by atoms with Gasteiger partial charge in [-0.25, -0.2) is 0 Å². The first-order valence-corrected chi connectivity index (χ1v) is 7.38. The van der Waals surface area contributed by atoms with E-state index >= 15 is 0 Å². The number of hydrogen-bond donors (Lipinski definition) is 3. The van der Waals surface area contributed by atoms with Gasteiger partial charge in [0.05, 0.1) is 0 Å². The number of nitrogens with zero attached hydrogens (tertiary/aromatic N) is 1. The summed E-state index contributed by atoms with van der Waals surface area (Å²) in [4.78, 5) is 15.8. The molecule has 1 amide bonds. The van der Waals surface area contributed by atoms with Crippen molar-refractivity contribution in [1.82, 2.24) is 16.0 Å². The fraction of sp³-hybridized carbons (Fsp3) is 0.500. The number of rotatable bonds is 6. The summed E-state index contributed by atoms with van der Waals surface area (Å²) in [5.41, 5.74) is 1.82. The minimum absolute atomic E-state index is 0.0564. The molecule has 0 saturated heterocycles. The Balaban J connectivity index is 2.50. The Bertz CT molecular complexity index is 485. The van der Waals surface area contributed by atoms with E-state index < -0.39 is 0 Å². The van der Waals surface area contributed by atoms with E-state index in [4.69, 9.17) is 0 Å². The molecular formula is C16H26N4O. The monoisotopic (exact) mass is 290 g/mol. The molecule has 0 aliphatic heterocycles. The van der Waals surface area contributed by atoms with Crippen LogP contribution in [-0.4, -0.2) is 38.5 Å². The molecule has 0 spiro atoms. The molecule has 1 rings (SSSR count). The lowest BCUT2D eigenvalue weighted by Gasteiger charge is -2.16. The minimum Gasteiger partial charge on any atom is -0.356 e. The van der Waals surface area contributed by atoms with Gasteiger partial charge in [0.2, 0.25) is 0 Å². The lowest BCUT2D eigenvalue weighted by Crippen LogP contribution is -2.42. The third-order valence-corrected chi connectivity index (χ3v) is 3.34. The molecule has 0 aliphatic rings. The van der Waals surface area contributed by atoms with Crippen LogP contribution in [0.25, 0.3) is 0 Å². The first-order chi connectivity index (χ1) is 10.1. The third-order valence-electron chi connectivity index (χ3n) is 3.34. The van der Waals surface area contributed by atoms with Crippen molar-refractivity contribution in [3.8, 4) is 0 Å². The van der Waals surface area contributed by atoms with Crippen LogP contribution in [0.5, 0.6) is 0 Å². The van der Waals surface area contributed by atoms with Crippen molar-refractivity contribution in [3.63, 3.8) is 0 Å². The molecule has 0 aromatic heterocycles. The minimum atomic E-state index is -0.0564. The largest absolute Gasteiger partial charge is 0.356 e. The van der Waals surface area contributed by atoms with Gasteiger partial charge in [-0.05, 0) is 37.5 Å². The third kappa shape index (κ3) is 5.85. The second kappa shape index (κ2) is 9.00. The van der Waals surface area contributed by atoms with Gasteiger partial charge in [0, 0.05) is 32.2 Å². The van der Waals surface area contributed by atoms with Crippen LogP contribution in [0, 0.1) is 0 Å². The first kappa shape index (κ1) is 17.0. The van der Waals surface area contributed by atoms with Crippen LogP contribution in [0.15, 0.2) is 29.3 Å². The van der Waals surface area contributed by atoms with Crippen molar-refractivity contribution < 1.29 is 4.79 Å². The number of benzene rings is 1. The molecule has 1 unspecified atom stereocenters. The molecular weight excluding hydrogens is 264 g/mol. The van der Waals surface area contributed by atoms with Crippen LogP contribution in [0.2, 0.25) is 0 Å². The van der Waals surface area contributed by atoms with Gasteiger partial charge in [0.25, 0.3) is 5.91 Å². The molecule has 1 atom stereocenters. The molecule has 1 aromatic rings. The number of carbonyl (C=O) groups excluding carboxylic acids is 1. The van der Waals surface area contributed by atoms with Crippen LogP contribution in [0.4, 0.5) is 0 Å². The van der Waals surface area contributed by atoms with Crippen molar-refractivity contribution in [2.75, 3.05) is 20.6 Å². The zero-order chi connectivity index (χ0) is 15.7. The lowest BCUT2D eigenvalue weighted by molar-refractivity contribution is 0.0963. The number of amides is 1. The standard InChI is InChI=1S/C16H26N4O/c1-5-12(2)20-16(18-4)19-10-9-13-7-6-8-14(11-13)15(21)17-3/h6-8,11-12H,5,9-10H2,1-4H3,(H,17,21)(H2,18,19,20). The number of guanidine groups is 1. The van der Waals surface area contributed by atoms with Gasteiger partial charge in [-0.3, -0.25) is 9.79 Å². The molecule has 0 bridgehead atoms. The molecule has 116 valence electrons. The maximum atomic E-state index is 11.6. The molecule has 5 heteroatoms. The van der Waals surface area contributed by atoms with Crippen LogP contribution in [0.3, 0.4) is 0 Å². The van der Waals surface area contributed by atoms with Gasteiger partial charge in [-0.15, -0.1) is 0 Å². The average Bonchev–Trinajstić information content (AvgIpc) is 2.53. The van der Waals surface area contributed by atoms with E-state index in [-0.39, 0.29) is 5.91 Å². The molecule has 0 saturated carbocycles. The zero-order valence-corrected chi connectivity index (χ0v) is 13.4. The maximum Gasteiger partial charge on any atom is 0.251 e. The average molecular weight is 290 g/mol. The van der Waals surface area contributed by atoms with E-state index in [1.165, 1.54) is 0 Å². The SMILES string of the molecule is CCC(C)NC(=NC)NCCc1cccc(C(=O)NC)c1. The van der Waals surface area contributed by atoms with E-state index in [0.717, 1.165) is 30.9 Å². The number of carbonyl (C=O) groups is 1. The first-order valence-electron chi connectivity index (χ1n) is 7.38. The normalized spacial score (nSPS) is 12.7. The van der Waals surface area contributed by atoms with Gasteiger partial charge in [-0.1, -0.05) is 19.1 Å². The molecule has 1 aromatic carbocycles. The number of aliphatic imine (C=N–C) groups is 1. The summed E-state index contributed by atoms with van der Waals surface area (Å²) in [6.07, 6.45) is 1.89. The van der Waals surface area contributed by atoms with Crippen molar-refractivity contribution >= 4 is 11.9 Å². The Labute approximate surface area is 127 Å².